The number of carbonyl (C=O) groups is 3. The molecule has 8 atom stereocenters. The van der Waals surface area contributed by atoms with Crippen molar-refractivity contribution in [3.63, 3.8) is 0 Å². The van der Waals surface area contributed by atoms with Crippen molar-refractivity contribution in [2.75, 3.05) is 7.11 Å². The summed E-state index contributed by atoms with van der Waals surface area (Å²) >= 11 is 2.73. The number of hydrogen-bond acceptors (Lipinski definition) is 8. The van der Waals surface area contributed by atoms with Crippen LogP contribution >= 0.6 is 23.1 Å². The number of nitrogens with zero attached hydrogens (tertiary/aromatic N) is 1. The quantitative estimate of drug-likeness (QED) is 0.472. The van der Waals surface area contributed by atoms with Crippen molar-refractivity contribution in [1.82, 2.24) is 9.88 Å². The van der Waals surface area contributed by atoms with Crippen LogP contribution in [0.25, 0.3) is 0 Å². The van der Waals surface area contributed by atoms with E-state index in [0.29, 0.717) is 5.75 Å². The molecule has 2 aliphatic carbocycles. The van der Waals surface area contributed by atoms with Crippen molar-refractivity contribution in [3.05, 3.63) is 38.3 Å². The van der Waals surface area contributed by atoms with E-state index in [0.717, 1.165) is 38.1 Å². The summed E-state index contributed by atoms with van der Waals surface area (Å²) in [5.74, 6) is -3.02. The van der Waals surface area contributed by atoms with Gasteiger partial charge in [-0.15, -0.1) is 11.8 Å². The van der Waals surface area contributed by atoms with Crippen LogP contribution in [0.1, 0.15) is 43.0 Å². The number of hydrogen-bond donors (Lipinski definition) is 3. The van der Waals surface area contributed by atoms with Gasteiger partial charge in [0, 0.05) is 16.0 Å². The molecule has 37 heavy (non-hydrogen) atoms. The molecular formula is C26H28N2O7S2. The third kappa shape index (κ3) is 3.49. The number of carboxylic acid groups (broad SMARTS) is 1. The van der Waals surface area contributed by atoms with Gasteiger partial charge in [0.05, 0.1) is 24.0 Å². The number of thioether (sulfide) groups is 1. The number of benzene rings is 1. The third-order valence-corrected chi connectivity index (χ3v) is 11.2. The molecule has 2 aliphatic heterocycles. The first-order valence-electron chi connectivity index (χ1n) is 12.5. The molecule has 0 radical (unpaired) electrons. The summed E-state index contributed by atoms with van der Waals surface area (Å²) in [6.45, 7) is 3.76. The smallest absolute Gasteiger partial charge is 0.326 e. The SMILES string of the molecule is COc1cc([C@@H]2c3sc(=O)[nH]c3S[C@@H]3[C@H]4C[C@@H]([C@H]5C(=O)N([C@@H](CC(C)C)C(=O)O)C(=O)[C@@H]45)[C@@H]23)ccc1O. The van der Waals surface area contributed by atoms with Crippen molar-refractivity contribution in [2.45, 2.75) is 48.9 Å². The Morgan fingerprint density at radius 3 is 2.54 bits per heavy atom. The fourth-order valence-corrected chi connectivity index (χ4v) is 10.3. The zero-order chi connectivity index (χ0) is 26.3. The van der Waals surface area contributed by atoms with Crippen LogP contribution < -0.4 is 9.61 Å². The number of aromatic nitrogens is 1. The van der Waals surface area contributed by atoms with Crippen LogP contribution in [0.2, 0.25) is 0 Å². The average molecular weight is 545 g/mol. The van der Waals surface area contributed by atoms with Crippen LogP contribution in [0.3, 0.4) is 0 Å². The predicted molar refractivity (Wildman–Crippen MR) is 136 cm³/mol. The number of thiazole rings is 1. The van der Waals surface area contributed by atoms with E-state index in [1.807, 2.05) is 19.9 Å². The molecule has 11 heteroatoms. The van der Waals surface area contributed by atoms with Crippen molar-refractivity contribution >= 4 is 40.9 Å². The summed E-state index contributed by atoms with van der Waals surface area (Å²) in [6.07, 6.45) is 0.938. The van der Waals surface area contributed by atoms with E-state index >= 15 is 0 Å². The van der Waals surface area contributed by atoms with Gasteiger partial charge in [-0.25, -0.2) is 4.79 Å². The number of aliphatic carboxylic acids is 1. The molecule has 2 amide bonds. The van der Waals surface area contributed by atoms with Gasteiger partial charge in [-0.05, 0) is 54.2 Å². The molecule has 6 rings (SSSR count). The highest BCUT2D eigenvalue weighted by Crippen LogP contribution is 2.68. The number of aromatic amines is 1. The summed E-state index contributed by atoms with van der Waals surface area (Å²) in [4.78, 5) is 56.7. The molecule has 9 nitrogen and oxygen atoms in total. The molecule has 3 N–H and O–H groups in total. The second-order valence-electron chi connectivity index (χ2n) is 10.9. The number of amides is 2. The van der Waals surface area contributed by atoms with Crippen LogP contribution in [0, 0.1) is 35.5 Å². The number of aromatic hydroxyl groups is 1. The molecule has 4 aliphatic rings. The molecule has 0 unspecified atom stereocenters. The Kier molecular flexibility index (Phi) is 5.72. The number of carbonyl (C=O) groups excluding carboxylic acids is 2. The summed E-state index contributed by atoms with van der Waals surface area (Å²) in [5.41, 5.74) is 0.877. The van der Waals surface area contributed by atoms with E-state index in [2.05, 4.69) is 4.98 Å². The highest BCUT2D eigenvalue weighted by atomic mass is 32.2. The molecule has 3 heterocycles. The molecule has 2 saturated carbocycles. The van der Waals surface area contributed by atoms with Crippen LogP contribution in [0.4, 0.5) is 0 Å². The topological polar surface area (TPSA) is 137 Å². The largest absolute Gasteiger partial charge is 0.504 e. The lowest BCUT2D eigenvalue weighted by Gasteiger charge is -2.43. The zero-order valence-corrected chi connectivity index (χ0v) is 22.2. The second kappa shape index (κ2) is 8.62. The van der Waals surface area contributed by atoms with Crippen LogP contribution in [-0.2, 0) is 14.4 Å². The standard InChI is InChI=1S/C26H28N2O7S2/c1-9(2)6-13(25(32)33)28-23(30)18-11-8-12(19(18)24(28)31)20-17(11)16(21-22(36-20)27-26(34)37-21)10-4-5-14(29)15(7-10)35-3/h4-5,7,9,11-13,16-20,29H,6,8H2,1-3H3,(H,27,34)(H,32,33)/t11-,12+,13+,16+,17+,18-,19+,20-/m1/s1. The minimum Gasteiger partial charge on any atom is -0.504 e. The van der Waals surface area contributed by atoms with E-state index in [1.165, 1.54) is 7.11 Å². The minimum atomic E-state index is -1.16. The molecular weight excluding hydrogens is 516 g/mol. The summed E-state index contributed by atoms with van der Waals surface area (Å²) in [7, 11) is 1.48. The van der Waals surface area contributed by atoms with Gasteiger partial charge in [0.25, 0.3) is 0 Å². The van der Waals surface area contributed by atoms with E-state index in [9.17, 15) is 29.4 Å². The Bertz CT molecular complexity index is 1370. The van der Waals surface area contributed by atoms with Crippen LogP contribution in [0.5, 0.6) is 11.5 Å². The Balaban J connectivity index is 1.43. The molecule has 1 aromatic heterocycles. The van der Waals surface area contributed by atoms with E-state index in [-0.39, 0.29) is 63.7 Å². The number of nitrogens with one attached hydrogen (secondary N) is 1. The highest BCUT2D eigenvalue weighted by molar-refractivity contribution is 8.00. The van der Waals surface area contributed by atoms with Gasteiger partial charge >= 0.3 is 10.8 Å². The normalized spacial score (nSPS) is 32.4. The van der Waals surface area contributed by atoms with Crippen molar-refractivity contribution in [1.29, 1.82) is 0 Å². The lowest BCUT2D eigenvalue weighted by Crippen LogP contribution is -2.47. The lowest BCUT2D eigenvalue weighted by molar-refractivity contribution is -0.156. The van der Waals surface area contributed by atoms with Gasteiger partial charge < -0.3 is 19.9 Å². The average Bonchev–Trinajstić information content (AvgIpc) is 3.57. The van der Waals surface area contributed by atoms with Gasteiger partial charge in [-0.1, -0.05) is 31.3 Å². The van der Waals surface area contributed by atoms with Crippen molar-refractivity contribution < 1.29 is 29.3 Å². The number of methoxy groups -OCH3 is 1. The number of imide groups is 1. The number of carboxylic acids is 1. The van der Waals surface area contributed by atoms with E-state index in [1.54, 1.807) is 23.9 Å². The second-order valence-corrected chi connectivity index (χ2v) is 13.1. The van der Waals surface area contributed by atoms with Crippen molar-refractivity contribution in [3.8, 4) is 11.5 Å². The van der Waals surface area contributed by atoms with Crippen LogP contribution in [-0.4, -0.2) is 56.3 Å². The fourth-order valence-electron chi connectivity index (χ4n) is 7.37. The first-order valence-corrected chi connectivity index (χ1v) is 14.2. The van der Waals surface area contributed by atoms with Gasteiger partial charge in [0.1, 0.15) is 6.04 Å². The maximum Gasteiger partial charge on any atom is 0.326 e. The number of phenolic OH excluding ortho intramolecular Hbond substituents is 1. The number of fused-ring (bicyclic) bond motifs is 9. The molecule has 1 saturated heterocycles. The van der Waals surface area contributed by atoms with E-state index < -0.39 is 23.8 Å². The Morgan fingerprint density at radius 2 is 1.89 bits per heavy atom. The van der Waals surface area contributed by atoms with Gasteiger partial charge in [-0.2, -0.15) is 0 Å². The Hall–Kier alpha value is -2.79. The number of ether oxygens (including phenoxy) is 1. The minimum absolute atomic E-state index is 0.00104. The monoisotopic (exact) mass is 544 g/mol. The molecule has 196 valence electrons. The first kappa shape index (κ1) is 24.5. The molecule has 2 aromatic rings. The zero-order valence-electron chi connectivity index (χ0n) is 20.5. The number of rotatable bonds is 6. The lowest BCUT2D eigenvalue weighted by atomic mass is 9.68. The Morgan fingerprint density at radius 1 is 1.19 bits per heavy atom. The third-order valence-electron chi connectivity index (χ3n) is 8.61. The van der Waals surface area contributed by atoms with Gasteiger partial charge in [-0.3, -0.25) is 19.3 Å². The fraction of sp³-hybridized carbons (Fsp3) is 0.538. The Labute approximate surface area is 221 Å². The maximum atomic E-state index is 13.8. The molecule has 0 spiro atoms. The summed E-state index contributed by atoms with van der Waals surface area (Å²) < 4.78 is 5.36. The molecule has 1 aromatic carbocycles. The number of phenols is 1. The van der Waals surface area contributed by atoms with Gasteiger partial charge in [0.15, 0.2) is 11.5 Å². The summed E-state index contributed by atoms with van der Waals surface area (Å²) in [5, 5.41) is 20.9. The maximum absolute atomic E-state index is 13.8. The predicted octanol–water partition coefficient (Wildman–Crippen LogP) is 3.12. The van der Waals surface area contributed by atoms with Gasteiger partial charge in [0.2, 0.25) is 11.8 Å². The molecule has 3 fully saturated rings. The molecule has 2 bridgehead atoms. The van der Waals surface area contributed by atoms with Crippen LogP contribution in [0.15, 0.2) is 28.0 Å². The van der Waals surface area contributed by atoms with E-state index in [4.69, 9.17) is 4.74 Å². The number of H-pyrrole nitrogens is 1. The first-order chi connectivity index (χ1) is 17.6. The summed E-state index contributed by atoms with van der Waals surface area (Å²) in [6, 6.07) is 4.02. The highest BCUT2D eigenvalue weighted by Gasteiger charge is 2.70. The van der Waals surface area contributed by atoms with Crippen molar-refractivity contribution in [2.24, 2.45) is 35.5 Å². The number of likely N-dealkylation sites (tertiary alicyclic amines) is 1.